The highest BCUT2D eigenvalue weighted by atomic mass is 16.4. The Morgan fingerprint density at radius 2 is 1.95 bits per heavy atom. The Kier molecular flexibility index (Phi) is 6.32. The Morgan fingerprint density at radius 3 is 2.62 bits per heavy atom. The predicted molar refractivity (Wildman–Crippen MR) is 85.1 cm³/mol. The van der Waals surface area contributed by atoms with E-state index in [0.29, 0.717) is 6.42 Å². The average molecular weight is 287 g/mol. The maximum atomic E-state index is 11.4. The zero-order valence-corrected chi connectivity index (χ0v) is 12.6. The first-order valence-electron chi connectivity index (χ1n) is 7.93. The van der Waals surface area contributed by atoms with Gasteiger partial charge >= 0.3 is 5.97 Å². The molecule has 1 aromatic rings. The van der Waals surface area contributed by atoms with Crippen molar-refractivity contribution in [3.63, 3.8) is 0 Å². The molecular formula is C18H25NO2. The molecule has 0 aromatic heterocycles. The predicted octanol–water partition coefficient (Wildman–Crippen LogP) is 3.71. The molecule has 1 atom stereocenters. The first kappa shape index (κ1) is 15.6. The first-order chi connectivity index (χ1) is 10.3. The molecule has 0 amide bonds. The average Bonchev–Trinajstić information content (AvgIpc) is 3.00. The molecule has 114 valence electrons. The van der Waals surface area contributed by atoms with Gasteiger partial charge in [-0.25, -0.2) is 0 Å². The van der Waals surface area contributed by atoms with E-state index in [4.69, 9.17) is 0 Å². The van der Waals surface area contributed by atoms with Crippen LogP contribution in [0.25, 0.3) is 0 Å². The van der Waals surface area contributed by atoms with Crippen LogP contribution in [-0.4, -0.2) is 29.1 Å². The Hall–Kier alpha value is -1.77. The number of likely N-dealkylation sites (tertiary alicyclic amines) is 1. The monoisotopic (exact) mass is 287 g/mol. The van der Waals surface area contributed by atoms with E-state index >= 15 is 0 Å². The van der Waals surface area contributed by atoms with E-state index in [-0.39, 0.29) is 5.92 Å². The Balaban J connectivity index is 1.71. The van der Waals surface area contributed by atoms with Gasteiger partial charge in [-0.1, -0.05) is 36.4 Å². The molecule has 1 aliphatic heterocycles. The smallest absolute Gasteiger partial charge is 0.306 e. The van der Waals surface area contributed by atoms with Crippen LogP contribution in [0.3, 0.4) is 0 Å². The highest BCUT2D eigenvalue weighted by Gasteiger charge is 2.17. The Labute approximate surface area is 127 Å². The zero-order chi connectivity index (χ0) is 14.9. The summed E-state index contributed by atoms with van der Waals surface area (Å²) in [7, 11) is 0. The van der Waals surface area contributed by atoms with Crippen LogP contribution in [0.1, 0.15) is 37.7 Å². The highest BCUT2D eigenvalue weighted by Crippen LogP contribution is 2.16. The van der Waals surface area contributed by atoms with Gasteiger partial charge in [0.1, 0.15) is 0 Å². The van der Waals surface area contributed by atoms with Crippen LogP contribution in [0.15, 0.2) is 42.6 Å². The van der Waals surface area contributed by atoms with Crippen LogP contribution < -0.4 is 0 Å². The molecule has 21 heavy (non-hydrogen) atoms. The molecule has 1 aromatic carbocycles. The zero-order valence-electron chi connectivity index (χ0n) is 12.6. The summed E-state index contributed by atoms with van der Waals surface area (Å²) < 4.78 is 0. The number of rotatable bonds is 8. The van der Waals surface area contributed by atoms with Gasteiger partial charge in [-0.05, 0) is 50.3 Å². The molecule has 0 saturated carbocycles. The van der Waals surface area contributed by atoms with Gasteiger partial charge < -0.3 is 10.0 Å². The standard InChI is InChI=1S/C18H25NO2/c20-18(21)17(15-16-9-3-1-4-10-16)11-5-2-6-12-19-13-7-8-14-19/h1,3-4,6,9-10,12,17H,2,5,7-8,11,13-15H2,(H,20,21)/b12-6+/t17-/m0/s1. The molecule has 3 nitrogen and oxygen atoms in total. The Morgan fingerprint density at radius 1 is 1.24 bits per heavy atom. The molecule has 1 heterocycles. The molecule has 0 aliphatic carbocycles. The minimum atomic E-state index is -0.678. The van der Waals surface area contributed by atoms with E-state index in [1.165, 1.54) is 25.9 Å². The molecule has 0 bridgehead atoms. The lowest BCUT2D eigenvalue weighted by Gasteiger charge is -2.12. The van der Waals surface area contributed by atoms with Crippen molar-refractivity contribution in [3.05, 3.63) is 48.2 Å². The minimum absolute atomic E-state index is 0.271. The van der Waals surface area contributed by atoms with Crippen LogP contribution >= 0.6 is 0 Å². The third-order valence-corrected chi connectivity index (χ3v) is 4.05. The summed E-state index contributed by atoms with van der Waals surface area (Å²) >= 11 is 0. The molecule has 1 saturated heterocycles. The van der Waals surface area contributed by atoms with E-state index < -0.39 is 5.97 Å². The number of unbranched alkanes of at least 4 members (excludes halogenated alkanes) is 1. The van der Waals surface area contributed by atoms with Gasteiger partial charge in [-0.3, -0.25) is 4.79 Å². The lowest BCUT2D eigenvalue weighted by Crippen LogP contribution is -2.16. The molecule has 3 heteroatoms. The number of carboxylic acid groups (broad SMARTS) is 1. The van der Waals surface area contributed by atoms with Crippen molar-refractivity contribution < 1.29 is 9.90 Å². The number of hydrogen-bond donors (Lipinski definition) is 1. The van der Waals surface area contributed by atoms with Gasteiger partial charge in [0.05, 0.1) is 5.92 Å². The SMILES string of the molecule is O=C(O)[C@@H](CCC/C=C/N1CCCC1)Cc1ccccc1. The van der Waals surface area contributed by atoms with Crippen molar-refractivity contribution in [1.82, 2.24) is 4.90 Å². The molecular weight excluding hydrogens is 262 g/mol. The highest BCUT2D eigenvalue weighted by molar-refractivity contribution is 5.70. The third kappa shape index (κ3) is 5.62. The van der Waals surface area contributed by atoms with Crippen LogP contribution in [0, 0.1) is 5.92 Å². The lowest BCUT2D eigenvalue weighted by atomic mass is 9.94. The first-order valence-corrected chi connectivity index (χ1v) is 7.93. The molecule has 1 aliphatic rings. The maximum absolute atomic E-state index is 11.4. The molecule has 2 rings (SSSR count). The van der Waals surface area contributed by atoms with Gasteiger partial charge in [0, 0.05) is 13.1 Å². The van der Waals surface area contributed by atoms with Crippen molar-refractivity contribution in [2.45, 2.75) is 38.5 Å². The molecule has 0 unspecified atom stereocenters. The van der Waals surface area contributed by atoms with Crippen molar-refractivity contribution in [1.29, 1.82) is 0 Å². The van der Waals surface area contributed by atoms with Gasteiger partial charge in [-0.15, -0.1) is 0 Å². The van der Waals surface area contributed by atoms with Crippen molar-refractivity contribution >= 4 is 5.97 Å². The summed E-state index contributed by atoms with van der Waals surface area (Å²) in [5, 5.41) is 9.34. The molecule has 1 fully saturated rings. The Bertz CT molecular complexity index is 450. The largest absolute Gasteiger partial charge is 0.481 e. The normalized spacial score (nSPS) is 16.5. The van der Waals surface area contributed by atoms with E-state index in [0.717, 1.165) is 24.8 Å². The number of allylic oxidation sites excluding steroid dienone is 1. The summed E-state index contributed by atoms with van der Waals surface area (Å²) in [6, 6.07) is 9.90. The molecule has 1 N–H and O–H groups in total. The third-order valence-electron chi connectivity index (χ3n) is 4.05. The van der Waals surface area contributed by atoms with Crippen LogP contribution in [0.2, 0.25) is 0 Å². The maximum Gasteiger partial charge on any atom is 0.306 e. The number of carbonyl (C=O) groups is 1. The van der Waals surface area contributed by atoms with Gasteiger partial charge in [0.2, 0.25) is 0 Å². The minimum Gasteiger partial charge on any atom is -0.481 e. The van der Waals surface area contributed by atoms with E-state index in [2.05, 4.69) is 17.2 Å². The second-order valence-corrected chi connectivity index (χ2v) is 5.78. The van der Waals surface area contributed by atoms with E-state index in [1.54, 1.807) is 0 Å². The second-order valence-electron chi connectivity index (χ2n) is 5.78. The van der Waals surface area contributed by atoms with Crippen LogP contribution in [0.5, 0.6) is 0 Å². The van der Waals surface area contributed by atoms with E-state index in [9.17, 15) is 9.90 Å². The quantitative estimate of drug-likeness (QED) is 0.741. The topological polar surface area (TPSA) is 40.5 Å². The van der Waals surface area contributed by atoms with E-state index in [1.807, 2.05) is 30.3 Å². The summed E-state index contributed by atoms with van der Waals surface area (Å²) in [4.78, 5) is 13.7. The van der Waals surface area contributed by atoms with Gasteiger partial charge in [0.25, 0.3) is 0 Å². The summed E-state index contributed by atoms with van der Waals surface area (Å²) in [6.07, 6.45) is 10.2. The lowest BCUT2D eigenvalue weighted by molar-refractivity contribution is -0.141. The number of aliphatic carboxylic acids is 1. The number of benzene rings is 1. The number of hydrogen-bond acceptors (Lipinski definition) is 2. The summed E-state index contributed by atoms with van der Waals surface area (Å²) in [5.74, 6) is -0.949. The van der Waals surface area contributed by atoms with Crippen molar-refractivity contribution in [3.8, 4) is 0 Å². The number of nitrogens with zero attached hydrogens (tertiary/aromatic N) is 1. The molecule has 0 spiro atoms. The summed E-state index contributed by atoms with van der Waals surface area (Å²) in [6.45, 7) is 2.34. The summed E-state index contributed by atoms with van der Waals surface area (Å²) in [5.41, 5.74) is 1.11. The van der Waals surface area contributed by atoms with Crippen molar-refractivity contribution in [2.24, 2.45) is 5.92 Å². The van der Waals surface area contributed by atoms with Crippen LogP contribution in [-0.2, 0) is 11.2 Å². The second kappa shape index (κ2) is 8.50. The fourth-order valence-electron chi connectivity index (χ4n) is 2.81. The molecule has 0 radical (unpaired) electrons. The fraction of sp³-hybridized carbons (Fsp3) is 0.500. The van der Waals surface area contributed by atoms with Crippen molar-refractivity contribution in [2.75, 3.05) is 13.1 Å². The number of carboxylic acids is 1. The fourth-order valence-corrected chi connectivity index (χ4v) is 2.81. The van der Waals surface area contributed by atoms with Gasteiger partial charge in [-0.2, -0.15) is 0 Å². The van der Waals surface area contributed by atoms with Crippen LogP contribution in [0.4, 0.5) is 0 Å². The van der Waals surface area contributed by atoms with Gasteiger partial charge in [0.15, 0.2) is 0 Å².